The Kier molecular flexibility index (Phi) is 3.64. The zero-order chi connectivity index (χ0) is 11.5. The van der Waals surface area contributed by atoms with Crippen molar-refractivity contribution >= 4 is 5.91 Å². The summed E-state index contributed by atoms with van der Waals surface area (Å²) >= 11 is 0. The zero-order valence-electron chi connectivity index (χ0n) is 10.3. The van der Waals surface area contributed by atoms with Gasteiger partial charge in [-0.05, 0) is 26.2 Å². The van der Waals surface area contributed by atoms with Gasteiger partial charge >= 0.3 is 0 Å². The molecule has 2 aliphatic heterocycles. The molecule has 2 aliphatic rings. The van der Waals surface area contributed by atoms with E-state index in [0.717, 1.165) is 39.0 Å². The Labute approximate surface area is 97.5 Å². The number of rotatable bonds is 2. The molecule has 3 nitrogen and oxygen atoms in total. The summed E-state index contributed by atoms with van der Waals surface area (Å²) < 4.78 is 5.28. The summed E-state index contributed by atoms with van der Waals surface area (Å²) in [5.41, 5.74) is 2.92. The molecule has 0 aromatic carbocycles. The van der Waals surface area contributed by atoms with Crippen LogP contribution in [-0.4, -0.2) is 37.1 Å². The van der Waals surface area contributed by atoms with E-state index in [-0.39, 0.29) is 5.92 Å². The van der Waals surface area contributed by atoms with Crippen LogP contribution in [0.1, 0.15) is 33.1 Å². The molecule has 0 N–H and O–H groups in total. The molecule has 0 aliphatic carbocycles. The van der Waals surface area contributed by atoms with Crippen LogP contribution in [-0.2, 0) is 9.53 Å². The van der Waals surface area contributed by atoms with Crippen molar-refractivity contribution in [3.8, 4) is 0 Å². The molecule has 1 amide bonds. The molecule has 1 atom stereocenters. The summed E-state index contributed by atoms with van der Waals surface area (Å²) in [7, 11) is 0. The fourth-order valence-corrected chi connectivity index (χ4v) is 2.61. The number of carbonyl (C=O) groups excluding carboxylic acids is 1. The lowest BCUT2D eigenvalue weighted by Gasteiger charge is -2.31. The van der Waals surface area contributed by atoms with Gasteiger partial charge in [0.2, 0.25) is 5.91 Å². The minimum Gasteiger partial charge on any atom is -0.381 e. The van der Waals surface area contributed by atoms with Crippen LogP contribution in [0.15, 0.2) is 11.1 Å². The van der Waals surface area contributed by atoms with Crippen molar-refractivity contribution in [2.45, 2.75) is 33.1 Å². The second kappa shape index (κ2) is 5.00. The average Bonchev–Trinajstić information content (AvgIpc) is 2.81. The van der Waals surface area contributed by atoms with E-state index in [2.05, 4.69) is 13.8 Å². The van der Waals surface area contributed by atoms with Gasteiger partial charge in [-0.1, -0.05) is 18.1 Å². The number of ether oxygens (including phenoxy) is 1. The lowest BCUT2D eigenvalue weighted by Crippen LogP contribution is -2.40. The third kappa shape index (κ3) is 2.29. The Bertz CT molecular complexity index is 303. The van der Waals surface area contributed by atoms with E-state index in [1.54, 1.807) is 0 Å². The quantitative estimate of drug-likeness (QED) is 0.670. The van der Waals surface area contributed by atoms with Crippen LogP contribution >= 0.6 is 0 Å². The van der Waals surface area contributed by atoms with Crippen molar-refractivity contribution in [2.75, 3.05) is 26.3 Å². The lowest BCUT2D eigenvalue weighted by molar-refractivity contribution is -0.135. The molecule has 90 valence electrons. The number of hydrogen-bond donors (Lipinski definition) is 0. The third-order valence-electron chi connectivity index (χ3n) is 3.73. The summed E-state index contributed by atoms with van der Waals surface area (Å²) in [6.07, 6.45) is 3.08. The van der Waals surface area contributed by atoms with Crippen LogP contribution in [0.3, 0.4) is 0 Å². The fourth-order valence-electron chi connectivity index (χ4n) is 2.61. The van der Waals surface area contributed by atoms with E-state index in [9.17, 15) is 4.79 Å². The first kappa shape index (κ1) is 11.6. The van der Waals surface area contributed by atoms with Crippen LogP contribution in [0.4, 0.5) is 0 Å². The normalized spacial score (nSPS) is 26.4. The molecule has 0 unspecified atom stereocenters. The van der Waals surface area contributed by atoms with Crippen molar-refractivity contribution in [3.63, 3.8) is 0 Å². The first-order valence-electron chi connectivity index (χ1n) is 6.26. The third-order valence-corrected chi connectivity index (χ3v) is 3.73. The maximum atomic E-state index is 12.2. The summed E-state index contributed by atoms with van der Waals surface area (Å²) in [6.45, 7) is 7.46. The Morgan fingerprint density at radius 1 is 1.56 bits per heavy atom. The summed E-state index contributed by atoms with van der Waals surface area (Å²) in [4.78, 5) is 14.2. The van der Waals surface area contributed by atoms with Gasteiger partial charge in [-0.2, -0.15) is 0 Å². The van der Waals surface area contributed by atoms with Crippen molar-refractivity contribution in [1.82, 2.24) is 4.90 Å². The van der Waals surface area contributed by atoms with Gasteiger partial charge in [-0.25, -0.2) is 0 Å². The van der Waals surface area contributed by atoms with Crippen molar-refractivity contribution in [1.29, 1.82) is 0 Å². The SMILES string of the molecule is CCC1=C(C)CN(C(=O)[C@H]2CCOC2)CC1. The lowest BCUT2D eigenvalue weighted by atomic mass is 9.97. The highest BCUT2D eigenvalue weighted by Gasteiger charge is 2.29. The van der Waals surface area contributed by atoms with Crippen LogP contribution in [0.25, 0.3) is 0 Å². The fraction of sp³-hybridized carbons (Fsp3) is 0.769. The van der Waals surface area contributed by atoms with Gasteiger partial charge in [0.05, 0.1) is 12.5 Å². The molecule has 3 heteroatoms. The van der Waals surface area contributed by atoms with Crippen molar-refractivity contribution in [2.24, 2.45) is 5.92 Å². The van der Waals surface area contributed by atoms with E-state index in [1.165, 1.54) is 11.1 Å². The molecule has 0 aromatic heterocycles. The first-order valence-corrected chi connectivity index (χ1v) is 6.26. The largest absolute Gasteiger partial charge is 0.381 e. The molecule has 0 spiro atoms. The van der Waals surface area contributed by atoms with E-state index < -0.39 is 0 Å². The maximum Gasteiger partial charge on any atom is 0.228 e. The van der Waals surface area contributed by atoms with Gasteiger partial charge in [0.15, 0.2) is 0 Å². The minimum atomic E-state index is 0.121. The molecule has 2 rings (SSSR count). The van der Waals surface area contributed by atoms with Gasteiger partial charge in [0.25, 0.3) is 0 Å². The highest BCUT2D eigenvalue weighted by molar-refractivity contribution is 5.79. The number of carbonyl (C=O) groups is 1. The van der Waals surface area contributed by atoms with Gasteiger partial charge in [-0.15, -0.1) is 0 Å². The van der Waals surface area contributed by atoms with Gasteiger partial charge in [0.1, 0.15) is 0 Å². The summed E-state index contributed by atoms with van der Waals surface area (Å²) in [5.74, 6) is 0.419. The van der Waals surface area contributed by atoms with Crippen molar-refractivity contribution < 1.29 is 9.53 Å². The van der Waals surface area contributed by atoms with Gasteiger partial charge < -0.3 is 9.64 Å². The number of nitrogens with zero attached hydrogens (tertiary/aromatic N) is 1. The molecule has 0 aromatic rings. The van der Waals surface area contributed by atoms with Crippen LogP contribution in [0.5, 0.6) is 0 Å². The van der Waals surface area contributed by atoms with E-state index in [4.69, 9.17) is 4.74 Å². The topological polar surface area (TPSA) is 29.5 Å². The highest BCUT2D eigenvalue weighted by Crippen LogP contribution is 2.23. The van der Waals surface area contributed by atoms with Gasteiger partial charge in [0, 0.05) is 19.7 Å². The molecule has 0 saturated carbocycles. The standard InChI is InChI=1S/C13H21NO2/c1-3-11-4-6-14(8-10(11)2)13(15)12-5-7-16-9-12/h12H,3-9H2,1-2H3/t12-/m0/s1. The Hall–Kier alpha value is -0.830. The monoisotopic (exact) mass is 223 g/mol. The number of amides is 1. The predicted molar refractivity (Wildman–Crippen MR) is 63.1 cm³/mol. The average molecular weight is 223 g/mol. The highest BCUT2D eigenvalue weighted by atomic mass is 16.5. The molecule has 16 heavy (non-hydrogen) atoms. The van der Waals surface area contributed by atoms with E-state index in [1.807, 2.05) is 4.90 Å². The van der Waals surface area contributed by atoms with E-state index in [0.29, 0.717) is 12.5 Å². The zero-order valence-corrected chi connectivity index (χ0v) is 10.3. The number of hydrogen-bond acceptors (Lipinski definition) is 2. The molecule has 0 radical (unpaired) electrons. The maximum absolute atomic E-state index is 12.2. The second-order valence-corrected chi connectivity index (χ2v) is 4.81. The molecule has 2 heterocycles. The Balaban J connectivity index is 1.97. The van der Waals surface area contributed by atoms with Crippen LogP contribution in [0.2, 0.25) is 0 Å². The molecular weight excluding hydrogens is 202 g/mol. The van der Waals surface area contributed by atoms with Crippen LogP contribution < -0.4 is 0 Å². The van der Waals surface area contributed by atoms with Crippen LogP contribution in [0, 0.1) is 5.92 Å². The predicted octanol–water partition coefficient (Wildman–Crippen LogP) is 1.98. The second-order valence-electron chi connectivity index (χ2n) is 4.81. The Morgan fingerprint density at radius 3 is 2.94 bits per heavy atom. The van der Waals surface area contributed by atoms with E-state index >= 15 is 0 Å². The summed E-state index contributed by atoms with van der Waals surface area (Å²) in [6, 6.07) is 0. The molecular formula is C13H21NO2. The Morgan fingerprint density at radius 2 is 2.38 bits per heavy atom. The molecule has 1 saturated heterocycles. The molecule has 0 bridgehead atoms. The minimum absolute atomic E-state index is 0.121. The smallest absolute Gasteiger partial charge is 0.228 e. The van der Waals surface area contributed by atoms with Crippen molar-refractivity contribution in [3.05, 3.63) is 11.1 Å². The first-order chi connectivity index (χ1) is 7.72. The van der Waals surface area contributed by atoms with Gasteiger partial charge in [-0.3, -0.25) is 4.79 Å². The summed E-state index contributed by atoms with van der Waals surface area (Å²) in [5, 5.41) is 0. The molecule has 1 fully saturated rings.